The lowest BCUT2D eigenvalue weighted by molar-refractivity contribution is 0.307. The molecule has 1 atom stereocenters. The van der Waals surface area contributed by atoms with Gasteiger partial charge in [0.05, 0.1) is 0 Å². The van der Waals surface area contributed by atoms with Crippen LogP contribution in [0.5, 0.6) is 0 Å². The van der Waals surface area contributed by atoms with Crippen LogP contribution in [0.3, 0.4) is 0 Å². The molecule has 82 valence electrons. The van der Waals surface area contributed by atoms with E-state index >= 15 is 0 Å². The van der Waals surface area contributed by atoms with Gasteiger partial charge in [-0.05, 0) is 49.4 Å². The van der Waals surface area contributed by atoms with Crippen LogP contribution in [0, 0.1) is 17.3 Å². The second-order valence-corrected chi connectivity index (χ2v) is 5.75. The van der Waals surface area contributed by atoms with Gasteiger partial charge in [-0.25, -0.2) is 0 Å². The van der Waals surface area contributed by atoms with E-state index in [0.29, 0.717) is 5.41 Å². The van der Waals surface area contributed by atoms with Gasteiger partial charge in [0, 0.05) is 12.6 Å². The Morgan fingerprint density at radius 3 is 2.29 bits per heavy atom. The quantitative estimate of drug-likeness (QED) is 0.686. The Labute approximate surface area is 88.7 Å². The first-order chi connectivity index (χ1) is 6.68. The Morgan fingerprint density at radius 1 is 1.29 bits per heavy atom. The predicted molar refractivity (Wildman–Crippen MR) is 61.3 cm³/mol. The molecule has 0 aromatic heterocycles. The summed E-state index contributed by atoms with van der Waals surface area (Å²) in [5, 5.41) is 3.82. The largest absolute Gasteiger partial charge is 0.313 e. The van der Waals surface area contributed by atoms with Crippen molar-refractivity contribution < 1.29 is 0 Å². The van der Waals surface area contributed by atoms with E-state index in [9.17, 15) is 0 Å². The molecule has 2 aliphatic carbocycles. The summed E-state index contributed by atoms with van der Waals surface area (Å²) in [4.78, 5) is 0. The Kier molecular flexibility index (Phi) is 2.88. The van der Waals surface area contributed by atoms with Gasteiger partial charge >= 0.3 is 0 Å². The van der Waals surface area contributed by atoms with Crippen molar-refractivity contribution in [2.45, 2.75) is 58.9 Å². The minimum atomic E-state index is 0.683. The monoisotopic (exact) mass is 195 g/mol. The van der Waals surface area contributed by atoms with Gasteiger partial charge in [-0.3, -0.25) is 0 Å². The standard InChI is InChI=1S/C13H25N/c1-4-12(11-5-6-11)14-9-13(7-8-13)10(2)3/h10-12,14H,4-9H2,1-3H3. The molecule has 2 rings (SSSR count). The van der Waals surface area contributed by atoms with E-state index in [4.69, 9.17) is 0 Å². The fourth-order valence-corrected chi connectivity index (χ4v) is 2.60. The summed E-state index contributed by atoms with van der Waals surface area (Å²) < 4.78 is 0. The minimum Gasteiger partial charge on any atom is -0.313 e. The molecule has 0 spiro atoms. The first kappa shape index (κ1) is 10.5. The first-order valence-electron chi connectivity index (χ1n) is 6.41. The molecule has 2 fully saturated rings. The molecule has 1 heteroatoms. The second-order valence-electron chi connectivity index (χ2n) is 5.75. The van der Waals surface area contributed by atoms with Crippen molar-refractivity contribution in [2.75, 3.05) is 6.54 Å². The fourth-order valence-electron chi connectivity index (χ4n) is 2.60. The van der Waals surface area contributed by atoms with E-state index in [-0.39, 0.29) is 0 Å². The maximum Gasteiger partial charge on any atom is 0.00929 e. The van der Waals surface area contributed by atoms with Crippen LogP contribution in [0.4, 0.5) is 0 Å². The van der Waals surface area contributed by atoms with E-state index in [1.807, 2.05) is 0 Å². The highest BCUT2D eigenvalue weighted by Crippen LogP contribution is 2.51. The molecule has 2 saturated carbocycles. The third kappa shape index (κ3) is 2.13. The SMILES string of the molecule is CCC(NCC1(C(C)C)CC1)C1CC1. The molecule has 1 nitrogen and oxygen atoms in total. The number of rotatable bonds is 6. The third-order valence-corrected chi connectivity index (χ3v) is 4.46. The van der Waals surface area contributed by atoms with Gasteiger partial charge in [0.25, 0.3) is 0 Å². The topological polar surface area (TPSA) is 12.0 Å². The molecular weight excluding hydrogens is 170 g/mol. The van der Waals surface area contributed by atoms with Crippen molar-refractivity contribution in [3.05, 3.63) is 0 Å². The van der Waals surface area contributed by atoms with Gasteiger partial charge in [-0.1, -0.05) is 20.8 Å². The highest BCUT2D eigenvalue weighted by Gasteiger charge is 2.45. The molecule has 0 heterocycles. The van der Waals surface area contributed by atoms with Crippen LogP contribution < -0.4 is 5.32 Å². The minimum absolute atomic E-state index is 0.683. The van der Waals surface area contributed by atoms with Crippen molar-refractivity contribution in [3.8, 4) is 0 Å². The Balaban J connectivity index is 1.75. The fraction of sp³-hybridized carbons (Fsp3) is 1.00. The molecule has 2 aliphatic rings. The lowest BCUT2D eigenvalue weighted by Gasteiger charge is -2.24. The molecule has 0 aromatic carbocycles. The Morgan fingerprint density at radius 2 is 1.93 bits per heavy atom. The lowest BCUT2D eigenvalue weighted by Crippen LogP contribution is -2.36. The van der Waals surface area contributed by atoms with Crippen molar-refractivity contribution in [2.24, 2.45) is 17.3 Å². The average Bonchev–Trinajstić information content (AvgIpc) is 3.01. The molecule has 0 aromatic rings. The summed E-state index contributed by atoms with van der Waals surface area (Å²) in [6.45, 7) is 8.37. The Hall–Kier alpha value is -0.0400. The number of hydrogen-bond donors (Lipinski definition) is 1. The van der Waals surface area contributed by atoms with Crippen LogP contribution >= 0.6 is 0 Å². The predicted octanol–water partition coefficient (Wildman–Crippen LogP) is 3.20. The summed E-state index contributed by atoms with van der Waals surface area (Å²) in [5.41, 5.74) is 0.683. The zero-order valence-corrected chi connectivity index (χ0v) is 9.97. The van der Waals surface area contributed by atoms with Crippen molar-refractivity contribution in [1.82, 2.24) is 5.32 Å². The van der Waals surface area contributed by atoms with Gasteiger partial charge in [-0.15, -0.1) is 0 Å². The Bertz CT molecular complexity index is 189. The van der Waals surface area contributed by atoms with Crippen LogP contribution in [0.15, 0.2) is 0 Å². The first-order valence-corrected chi connectivity index (χ1v) is 6.41. The van der Waals surface area contributed by atoms with E-state index in [0.717, 1.165) is 17.9 Å². The highest BCUT2D eigenvalue weighted by atomic mass is 15.0. The van der Waals surface area contributed by atoms with Crippen LogP contribution in [0.1, 0.15) is 52.9 Å². The van der Waals surface area contributed by atoms with E-state index in [1.165, 1.54) is 38.6 Å². The molecule has 0 amide bonds. The molecule has 0 saturated heterocycles. The number of nitrogens with one attached hydrogen (secondary N) is 1. The molecule has 1 N–H and O–H groups in total. The van der Waals surface area contributed by atoms with Crippen LogP contribution in [-0.2, 0) is 0 Å². The van der Waals surface area contributed by atoms with E-state index in [1.54, 1.807) is 0 Å². The van der Waals surface area contributed by atoms with Crippen molar-refractivity contribution >= 4 is 0 Å². The van der Waals surface area contributed by atoms with Crippen LogP contribution in [0.2, 0.25) is 0 Å². The molecule has 14 heavy (non-hydrogen) atoms. The average molecular weight is 195 g/mol. The van der Waals surface area contributed by atoms with E-state index < -0.39 is 0 Å². The van der Waals surface area contributed by atoms with Gasteiger partial charge in [0.15, 0.2) is 0 Å². The molecule has 0 aliphatic heterocycles. The third-order valence-electron chi connectivity index (χ3n) is 4.46. The highest BCUT2D eigenvalue weighted by molar-refractivity contribution is 4.98. The molecule has 0 bridgehead atoms. The van der Waals surface area contributed by atoms with Crippen molar-refractivity contribution in [1.29, 1.82) is 0 Å². The maximum absolute atomic E-state index is 3.82. The molecule has 1 unspecified atom stereocenters. The lowest BCUT2D eigenvalue weighted by atomic mass is 9.92. The number of hydrogen-bond acceptors (Lipinski definition) is 1. The van der Waals surface area contributed by atoms with Crippen molar-refractivity contribution in [3.63, 3.8) is 0 Å². The zero-order valence-electron chi connectivity index (χ0n) is 9.97. The maximum atomic E-state index is 3.82. The van der Waals surface area contributed by atoms with Gasteiger partial charge in [0.1, 0.15) is 0 Å². The molecule has 0 radical (unpaired) electrons. The van der Waals surface area contributed by atoms with Gasteiger partial charge in [0.2, 0.25) is 0 Å². The summed E-state index contributed by atoms with van der Waals surface area (Å²) >= 11 is 0. The summed E-state index contributed by atoms with van der Waals surface area (Å²) in [7, 11) is 0. The second kappa shape index (κ2) is 3.84. The van der Waals surface area contributed by atoms with Crippen LogP contribution in [0.25, 0.3) is 0 Å². The van der Waals surface area contributed by atoms with Gasteiger partial charge in [-0.2, -0.15) is 0 Å². The molecular formula is C13H25N. The van der Waals surface area contributed by atoms with E-state index in [2.05, 4.69) is 26.1 Å². The van der Waals surface area contributed by atoms with Gasteiger partial charge < -0.3 is 5.32 Å². The summed E-state index contributed by atoms with van der Waals surface area (Å²) in [6.07, 6.45) is 7.18. The smallest absolute Gasteiger partial charge is 0.00929 e. The summed E-state index contributed by atoms with van der Waals surface area (Å²) in [5.74, 6) is 1.88. The summed E-state index contributed by atoms with van der Waals surface area (Å²) in [6, 6.07) is 0.825. The van der Waals surface area contributed by atoms with Crippen LogP contribution in [-0.4, -0.2) is 12.6 Å². The zero-order chi connectivity index (χ0) is 10.2. The normalized spacial score (nSPS) is 26.6.